The fraction of sp³-hybridized carbons (Fsp3) is 0.500. The number of aromatic amines is 1. The molecule has 1 atom stereocenters. The Morgan fingerprint density at radius 3 is 2.75 bits per heavy atom. The number of aromatic nitrogens is 2. The third-order valence-corrected chi connectivity index (χ3v) is 2.61. The molecule has 0 aromatic carbocycles. The third-order valence-electron chi connectivity index (χ3n) is 2.61. The molecule has 0 saturated carbocycles. The van der Waals surface area contributed by atoms with Gasteiger partial charge in [-0.1, -0.05) is 0 Å². The minimum absolute atomic E-state index is 0.0419. The van der Waals surface area contributed by atoms with Crippen LogP contribution in [0, 0.1) is 0 Å². The number of hydrogen-bond donors (Lipinski definition) is 4. The zero-order valence-electron chi connectivity index (χ0n) is 11.2. The van der Waals surface area contributed by atoms with E-state index >= 15 is 0 Å². The highest BCUT2D eigenvalue weighted by atomic mass is 16.4. The molecule has 4 N–H and O–H groups in total. The largest absolute Gasteiger partial charge is 0.480 e. The maximum atomic E-state index is 11.5. The zero-order valence-corrected chi connectivity index (χ0v) is 11.2. The molecule has 0 aliphatic heterocycles. The number of carboxylic acid groups (broad SMARTS) is 1. The Morgan fingerprint density at radius 1 is 1.45 bits per heavy atom. The smallest absolute Gasteiger partial charge is 0.326 e. The van der Waals surface area contributed by atoms with E-state index in [4.69, 9.17) is 5.11 Å². The van der Waals surface area contributed by atoms with Crippen molar-refractivity contribution in [3.05, 3.63) is 18.2 Å². The highest BCUT2D eigenvalue weighted by molar-refractivity contribution is 5.83. The number of hydrogen-bond acceptors (Lipinski definition) is 4. The lowest BCUT2D eigenvalue weighted by Crippen LogP contribution is -2.40. The number of nitrogens with zero attached hydrogens (tertiary/aromatic N) is 1. The number of imidazole rings is 1. The molecule has 0 aliphatic carbocycles. The van der Waals surface area contributed by atoms with Crippen LogP contribution in [0.4, 0.5) is 0 Å². The van der Waals surface area contributed by atoms with Gasteiger partial charge in [-0.15, -0.1) is 0 Å². The van der Waals surface area contributed by atoms with E-state index < -0.39 is 17.9 Å². The van der Waals surface area contributed by atoms with Gasteiger partial charge < -0.3 is 20.7 Å². The SMILES string of the molecule is CC(=O)NC(CCC(=O)NCCc1cnc[nH]1)C(=O)O. The fourth-order valence-corrected chi connectivity index (χ4v) is 1.62. The maximum absolute atomic E-state index is 11.5. The Hall–Kier alpha value is -2.38. The molecule has 1 heterocycles. The molecule has 2 amide bonds. The normalized spacial score (nSPS) is 11.7. The molecular weight excluding hydrogens is 264 g/mol. The molecule has 0 spiro atoms. The number of carbonyl (C=O) groups is 3. The number of amides is 2. The van der Waals surface area contributed by atoms with Crippen LogP contribution in [0.5, 0.6) is 0 Å². The van der Waals surface area contributed by atoms with Crippen molar-refractivity contribution in [3.63, 3.8) is 0 Å². The molecule has 0 fully saturated rings. The minimum Gasteiger partial charge on any atom is -0.480 e. The van der Waals surface area contributed by atoms with E-state index in [2.05, 4.69) is 20.6 Å². The molecule has 0 radical (unpaired) electrons. The first-order chi connectivity index (χ1) is 9.49. The van der Waals surface area contributed by atoms with Crippen LogP contribution in [-0.4, -0.2) is 45.4 Å². The molecule has 110 valence electrons. The van der Waals surface area contributed by atoms with E-state index in [1.165, 1.54) is 6.92 Å². The molecule has 1 aromatic heterocycles. The summed E-state index contributed by atoms with van der Waals surface area (Å²) in [6.45, 7) is 1.68. The summed E-state index contributed by atoms with van der Waals surface area (Å²) < 4.78 is 0. The summed E-state index contributed by atoms with van der Waals surface area (Å²) >= 11 is 0. The Kier molecular flexibility index (Phi) is 6.21. The molecule has 0 bridgehead atoms. The lowest BCUT2D eigenvalue weighted by molar-refractivity contribution is -0.141. The number of carboxylic acids is 1. The van der Waals surface area contributed by atoms with Crippen LogP contribution < -0.4 is 10.6 Å². The van der Waals surface area contributed by atoms with Crippen molar-refractivity contribution < 1.29 is 19.5 Å². The van der Waals surface area contributed by atoms with Gasteiger partial charge in [0, 0.05) is 38.2 Å². The first-order valence-corrected chi connectivity index (χ1v) is 6.23. The standard InChI is InChI=1S/C12H18N4O4/c1-8(17)16-10(12(19)20)2-3-11(18)14-5-4-9-6-13-7-15-9/h6-7,10H,2-5H2,1H3,(H,13,15)(H,14,18)(H,16,17)(H,19,20). The second-order valence-corrected chi connectivity index (χ2v) is 4.31. The van der Waals surface area contributed by atoms with Crippen LogP contribution in [-0.2, 0) is 20.8 Å². The van der Waals surface area contributed by atoms with Crippen LogP contribution in [0.3, 0.4) is 0 Å². The molecule has 20 heavy (non-hydrogen) atoms. The molecule has 0 aliphatic rings. The Morgan fingerprint density at radius 2 is 2.20 bits per heavy atom. The quantitative estimate of drug-likeness (QED) is 0.508. The van der Waals surface area contributed by atoms with Crippen LogP contribution in [0.2, 0.25) is 0 Å². The topological polar surface area (TPSA) is 124 Å². The number of rotatable bonds is 8. The van der Waals surface area contributed by atoms with Crippen LogP contribution in [0.25, 0.3) is 0 Å². The van der Waals surface area contributed by atoms with E-state index in [0.717, 1.165) is 5.69 Å². The van der Waals surface area contributed by atoms with Crippen molar-refractivity contribution >= 4 is 17.8 Å². The summed E-state index contributed by atoms with van der Waals surface area (Å²) in [6, 6.07) is -1.04. The summed E-state index contributed by atoms with van der Waals surface area (Å²) in [7, 11) is 0. The summed E-state index contributed by atoms with van der Waals surface area (Å²) in [5.74, 6) is -1.83. The number of H-pyrrole nitrogens is 1. The highest BCUT2D eigenvalue weighted by Gasteiger charge is 2.19. The second-order valence-electron chi connectivity index (χ2n) is 4.31. The van der Waals surface area contributed by atoms with Crippen molar-refractivity contribution in [1.82, 2.24) is 20.6 Å². The highest BCUT2D eigenvalue weighted by Crippen LogP contribution is 1.98. The van der Waals surface area contributed by atoms with Gasteiger partial charge in [0.15, 0.2) is 0 Å². The second kappa shape index (κ2) is 7.93. The Labute approximate surface area is 116 Å². The van der Waals surface area contributed by atoms with Crippen molar-refractivity contribution in [3.8, 4) is 0 Å². The molecule has 1 aromatic rings. The van der Waals surface area contributed by atoms with Gasteiger partial charge in [-0.2, -0.15) is 0 Å². The average Bonchev–Trinajstić information content (AvgIpc) is 2.86. The third kappa shape index (κ3) is 5.98. The van der Waals surface area contributed by atoms with Crippen molar-refractivity contribution in [2.75, 3.05) is 6.54 Å². The molecular formula is C12H18N4O4. The molecule has 0 saturated heterocycles. The fourth-order valence-electron chi connectivity index (χ4n) is 1.62. The lowest BCUT2D eigenvalue weighted by Gasteiger charge is -2.12. The van der Waals surface area contributed by atoms with E-state index in [1.807, 2.05) is 0 Å². The minimum atomic E-state index is -1.15. The molecule has 1 rings (SSSR count). The maximum Gasteiger partial charge on any atom is 0.326 e. The van der Waals surface area contributed by atoms with E-state index in [0.29, 0.717) is 13.0 Å². The van der Waals surface area contributed by atoms with Crippen molar-refractivity contribution in [2.24, 2.45) is 0 Å². The number of carbonyl (C=O) groups excluding carboxylic acids is 2. The van der Waals surface area contributed by atoms with Crippen molar-refractivity contribution in [2.45, 2.75) is 32.2 Å². The van der Waals surface area contributed by atoms with Gasteiger partial charge in [0.05, 0.1) is 6.33 Å². The average molecular weight is 282 g/mol. The van der Waals surface area contributed by atoms with E-state index in [1.54, 1.807) is 12.5 Å². The van der Waals surface area contributed by atoms with E-state index in [9.17, 15) is 14.4 Å². The number of aliphatic carboxylic acids is 1. The molecule has 8 nitrogen and oxygen atoms in total. The summed E-state index contributed by atoms with van der Waals surface area (Å²) in [5.41, 5.74) is 0.909. The summed E-state index contributed by atoms with van der Waals surface area (Å²) in [4.78, 5) is 40.0. The van der Waals surface area contributed by atoms with E-state index in [-0.39, 0.29) is 18.7 Å². The molecule has 1 unspecified atom stereocenters. The van der Waals surface area contributed by atoms with Crippen molar-refractivity contribution in [1.29, 1.82) is 0 Å². The summed E-state index contributed by atoms with van der Waals surface area (Å²) in [6.07, 6.45) is 3.95. The zero-order chi connectivity index (χ0) is 15.0. The van der Waals surface area contributed by atoms with Gasteiger partial charge in [0.2, 0.25) is 11.8 Å². The lowest BCUT2D eigenvalue weighted by atomic mass is 10.1. The van der Waals surface area contributed by atoms with Crippen LogP contribution >= 0.6 is 0 Å². The van der Waals surface area contributed by atoms with Gasteiger partial charge in [0.1, 0.15) is 6.04 Å². The van der Waals surface area contributed by atoms with Gasteiger partial charge in [-0.05, 0) is 6.42 Å². The Bertz CT molecular complexity index is 458. The monoisotopic (exact) mass is 282 g/mol. The Balaban J connectivity index is 2.23. The first kappa shape index (κ1) is 15.7. The predicted octanol–water partition coefficient (Wildman–Crippen LogP) is -0.562. The first-order valence-electron chi connectivity index (χ1n) is 6.23. The van der Waals surface area contributed by atoms with Gasteiger partial charge in [-0.25, -0.2) is 9.78 Å². The van der Waals surface area contributed by atoms with Gasteiger partial charge in [0.25, 0.3) is 0 Å². The predicted molar refractivity (Wildman–Crippen MR) is 69.8 cm³/mol. The molecule has 8 heteroatoms. The van der Waals surface area contributed by atoms with Crippen LogP contribution in [0.15, 0.2) is 12.5 Å². The van der Waals surface area contributed by atoms with Crippen LogP contribution in [0.1, 0.15) is 25.5 Å². The summed E-state index contributed by atoms with van der Waals surface area (Å²) in [5, 5.41) is 13.8. The van der Waals surface area contributed by atoms with Gasteiger partial charge >= 0.3 is 5.97 Å². The number of nitrogens with one attached hydrogen (secondary N) is 3. The van der Waals surface area contributed by atoms with Gasteiger partial charge in [-0.3, -0.25) is 9.59 Å².